The van der Waals surface area contributed by atoms with E-state index in [9.17, 15) is 9.59 Å². The predicted octanol–water partition coefficient (Wildman–Crippen LogP) is 0.217. The number of carbonyl (C=O) groups excluding carboxylic acids is 2. The Hall–Kier alpha value is -2.16. The van der Waals surface area contributed by atoms with Crippen LogP contribution in [0.5, 0.6) is 0 Å². The van der Waals surface area contributed by atoms with E-state index in [1.807, 2.05) is 0 Å². The lowest BCUT2D eigenvalue weighted by Gasteiger charge is -2.33. The molecule has 0 unspecified atom stereocenters. The molecule has 2 amide bonds. The predicted molar refractivity (Wildman–Crippen MR) is 39.4 cm³/mol. The molecule has 1 aliphatic heterocycles. The van der Waals surface area contributed by atoms with Gasteiger partial charge in [-0.3, -0.25) is 0 Å². The first kappa shape index (κ1) is 7.94. The summed E-state index contributed by atoms with van der Waals surface area (Å²) in [4.78, 5) is 20.7. The summed E-state index contributed by atoms with van der Waals surface area (Å²) in [7, 11) is 0. The number of rotatable bonds is 2. The van der Waals surface area contributed by atoms with Crippen molar-refractivity contribution in [3.05, 3.63) is 19.0 Å². The van der Waals surface area contributed by atoms with Crippen molar-refractivity contribution >= 4 is 18.0 Å². The second-order valence-corrected chi connectivity index (χ2v) is 1.77. The van der Waals surface area contributed by atoms with Crippen LogP contribution in [0.2, 0.25) is 0 Å². The van der Waals surface area contributed by atoms with Crippen molar-refractivity contribution in [2.45, 2.75) is 0 Å². The zero-order valence-electron chi connectivity index (χ0n) is 6.02. The molecule has 0 aromatic carbocycles. The molecule has 0 radical (unpaired) electrons. The van der Waals surface area contributed by atoms with Gasteiger partial charge in [-0.25, -0.2) is 9.59 Å². The Morgan fingerprint density at radius 3 is 2.33 bits per heavy atom. The fourth-order valence-corrected chi connectivity index (χ4v) is 0.668. The Kier molecular flexibility index (Phi) is 1.88. The van der Waals surface area contributed by atoms with Gasteiger partial charge >= 0.3 is 6.03 Å². The highest BCUT2D eigenvalue weighted by molar-refractivity contribution is 5.85. The zero-order valence-corrected chi connectivity index (χ0v) is 6.02. The Morgan fingerprint density at radius 1 is 1.33 bits per heavy atom. The van der Waals surface area contributed by atoms with Gasteiger partial charge in [0.1, 0.15) is 0 Å². The topological polar surface area (TPSA) is 65.3 Å². The molecule has 0 aliphatic carbocycles. The second kappa shape index (κ2) is 2.84. The first-order chi connectivity index (χ1) is 5.72. The van der Waals surface area contributed by atoms with Crippen molar-refractivity contribution in [3.8, 4) is 0 Å². The van der Waals surface area contributed by atoms with Gasteiger partial charge < -0.3 is 0 Å². The van der Waals surface area contributed by atoms with Crippen molar-refractivity contribution < 1.29 is 9.59 Å². The first-order valence-corrected chi connectivity index (χ1v) is 2.86. The molecular weight excluding hydrogens is 160 g/mol. The van der Waals surface area contributed by atoms with Crippen molar-refractivity contribution in [2.75, 3.05) is 0 Å². The van der Waals surface area contributed by atoms with Crippen LogP contribution in [0.15, 0.2) is 29.2 Å². The SMILES string of the molecule is C=C=NN1C(=C)N(N=C=O)C1=O. The molecule has 1 fully saturated rings. The van der Waals surface area contributed by atoms with E-state index in [1.165, 1.54) is 6.08 Å². The van der Waals surface area contributed by atoms with Gasteiger partial charge in [0, 0.05) is 5.87 Å². The number of nitrogens with zero attached hydrogens (tertiary/aromatic N) is 4. The Labute approximate surface area is 67.8 Å². The number of urea groups is 1. The summed E-state index contributed by atoms with van der Waals surface area (Å²) in [6, 6.07) is -0.584. The summed E-state index contributed by atoms with van der Waals surface area (Å²) >= 11 is 0. The van der Waals surface area contributed by atoms with Crippen LogP contribution in [0.4, 0.5) is 4.79 Å². The molecular formula is C6H4N4O2. The van der Waals surface area contributed by atoms with Crippen LogP contribution in [-0.4, -0.2) is 28.0 Å². The van der Waals surface area contributed by atoms with Crippen LogP contribution in [0.1, 0.15) is 0 Å². The molecule has 0 saturated carbocycles. The number of amides is 2. The van der Waals surface area contributed by atoms with E-state index in [4.69, 9.17) is 0 Å². The van der Waals surface area contributed by atoms with E-state index in [2.05, 4.69) is 29.2 Å². The van der Waals surface area contributed by atoms with Crippen LogP contribution in [0.25, 0.3) is 0 Å². The molecule has 0 bridgehead atoms. The van der Waals surface area contributed by atoms with E-state index >= 15 is 0 Å². The lowest BCUT2D eigenvalue weighted by molar-refractivity contribution is 0.117. The van der Waals surface area contributed by atoms with E-state index in [-0.39, 0.29) is 5.82 Å². The van der Waals surface area contributed by atoms with E-state index in [1.54, 1.807) is 0 Å². The summed E-state index contributed by atoms with van der Waals surface area (Å²) < 4.78 is 0. The smallest absolute Gasteiger partial charge is 0.243 e. The molecule has 1 saturated heterocycles. The molecule has 0 atom stereocenters. The van der Waals surface area contributed by atoms with Crippen LogP contribution in [-0.2, 0) is 4.79 Å². The standard InChI is InChI=1S/C6H4N4O2/c1-3-7-9-5(2)10(6(9)12)8-4-11/h1-2H2. The fourth-order valence-electron chi connectivity index (χ4n) is 0.668. The highest BCUT2D eigenvalue weighted by Gasteiger charge is 2.39. The van der Waals surface area contributed by atoms with Crippen LogP contribution >= 0.6 is 0 Å². The molecule has 0 aromatic rings. The minimum absolute atomic E-state index is 0.166. The lowest BCUT2D eigenvalue weighted by Crippen LogP contribution is -2.51. The van der Waals surface area contributed by atoms with Gasteiger partial charge in [-0.1, -0.05) is 11.7 Å². The summed E-state index contributed by atoms with van der Waals surface area (Å²) in [6.45, 7) is 6.58. The van der Waals surface area contributed by atoms with E-state index in [0.717, 1.165) is 10.0 Å². The molecule has 0 spiro atoms. The van der Waals surface area contributed by atoms with Gasteiger partial charge in [0.15, 0.2) is 5.82 Å². The monoisotopic (exact) mass is 164 g/mol. The molecule has 6 heteroatoms. The third kappa shape index (κ3) is 0.932. The van der Waals surface area contributed by atoms with E-state index in [0.29, 0.717) is 0 Å². The minimum Gasteiger partial charge on any atom is -0.243 e. The number of hydrogen-bond donors (Lipinski definition) is 0. The maximum absolute atomic E-state index is 10.9. The summed E-state index contributed by atoms with van der Waals surface area (Å²) in [5.41, 5.74) is 0. The quantitative estimate of drug-likeness (QED) is 0.432. The van der Waals surface area contributed by atoms with Gasteiger partial charge in [0.2, 0.25) is 0 Å². The highest BCUT2D eigenvalue weighted by Crippen LogP contribution is 2.23. The third-order valence-electron chi connectivity index (χ3n) is 1.16. The number of hydrazone groups is 2. The van der Waals surface area contributed by atoms with Crippen LogP contribution in [0, 0.1) is 0 Å². The summed E-state index contributed by atoms with van der Waals surface area (Å²) in [6.07, 6.45) is 1.21. The third-order valence-corrected chi connectivity index (χ3v) is 1.16. The van der Waals surface area contributed by atoms with Crippen LogP contribution < -0.4 is 0 Å². The largest absolute Gasteiger partial charge is 0.374 e. The summed E-state index contributed by atoms with van der Waals surface area (Å²) in [5.74, 6) is 2.31. The van der Waals surface area contributed by atoms with Crippen LogP contribution in [0.3, 0.4) is 0 Å². The number of carbonyl (C=O) groups is 1. The first-order valence-electron chi connectivity index (χ1n) is 2.86. The number of hydrogen-bond acceptors (Lipinski definition) is 4. The Bertz CT molecular complexity index is 289. The van der Waals surface area contributed by atoms with Gasteiger partial charge in [-0.2, -0.15) is 10.0 Å². The maximum Gasteiger partial charge on any atom is 0.374 e. The Morgan fingerprint density at radius 2 is 1.92 bits per heavy atom. The van der Waals surface area contributed by atoms with Gasteiger partial charge in [-0.15, -0.1) is 5.10 Å². The summed E-state index contributed by atoms with van der Waals surface area (Å²) in [5, 5.41) is 8.15. The molecule has 1 aliphatic rings. The fraction of sp³-hybridized carbons (Fsp3) is 0. The normalized spacial score (nSPS) is 14.7. The second-order valence-electron chi connectivity index (χ2n) is 1.77. The van der Waals surface area contributed by atoms with Gasteiger partial charge in [-0.05, 0) is 6.58 Å². The van der Waals surface area contributed by atoms with Crippen molar-refractivity contribution in [2.24, 2.45) is 10.2 Å². The molecule has 1 rings (SSSR count). The van der Waals surface area contributed by atoms with Crippen molar-refractivity contribution in [3.63, 3.8) is 0 Å². The molecule has 1 heterocycles. The van der Waals surface area contributed by atoms with Gasteiger partial charge in [0.05, 0.1) is 0 Å². The lowest BCUT2D eigenvalue weighted by atomic mass is 10.5. The maximum atomic E-state index is 10.9. The molecule has 6 nitrogen and oxygen atoms in total. The van der Waals surface area contributed by atoms with Gasteiger partial charge in [0.25, 0.3) is 6.08 Å². The molecule has 12 heavy (non-hydrogen) atoms. The zero-order chi connectivity index (χ0) is 9.14. The average molecular weight is 164 g/mol. The number of isocyanates is 1. The van der Waals surface area contributed by atoms with Crippen molar-refractivity contribution in [1.29, 1.82) is 0 Å². The van der Waals surface area contributed by atoms with E-state index < -0.39 is 6.03 Å². The van der Waals surface area contributed by atoms with Crippen molar-refractivity contribution in [1.82, 2.24) is 10.0 Å². The molecule has 0 aromatic heterocycles. The molecule has 0 N–H and O–H groups in total. The average Bonchev–Trinajstić information content (AvgIpc) is 2.10. The Balaban J connectivity index is 2.82. The molecule has 60 valence electrons. The highest BCUT2D eigenvalue weighted by atomic mass is 16.2. The minimum atomic E-state index is -0.584.